The zero-order valence-electron chi connectivity index (χ0n) is 16.0. The molecule has 3 amide bonds. The van der Waals surface area contributed by atoms with Crippen molar-refractivity contribution < 1.29 is 14.4 Å². The summed E-state index contributed by atoms with van der Waals surface area (Å²) in [5.74, 6) is -0.460. The summed E-state index contributed by atoms with van der Waals surface area (Å²) in [6.07, 6.45) is 1.10. The second kappa shape index (κ2) is 7.05. The molecule has 2 aliphatic heterocycles. The Morgan fingerprint density at radius 2 is 1.89 bits per heavy atom. The monoisotopic (exact) mass is 397 g/mol. The van der Waals surface area contributed by atoms with Crippen molar-refractivity contribution in [2.24, 2.45) is 0 Å². The van der Waals surface area contributed by atoms with E-state index in [0.29, 0.717) is 24.5 Å². The maximum atomic E-state index is 13.0. The van der Waals surface area contributed by atoms with E-state index in [2.05, 4.69) is 16.8 Å². The van der Waals surface area contributed by atoms with Crippen molar-refractivity contribution in [1.82, 2.24) is 4.90 Å². The average molecular weight is 398 g/mol. The Labute approximate surface area is 168 Å². The molecule has 0 radical (unpaired) electrons. The Balaban J connectivity index is 1.46. The van der Waals surface area contributed by atoms with Gasteiger partial charge in [-0.05, 0) is 49.4 Å². The summed E-state index contributed by atoms with van der Waals surface area (Å²) >= 11 is 1.73. The van der Waals surface area contributed by atoms with Crippen LogP contribution in [0.5, 0.6) is 0 Å². The van der Waals surface area contributed by atoms with Crippen molar-refractivity contribution in [2.75, 3.05) is 16.8 Å². The van der Waals surface area contributed by atoms with Gasteiger partial charge >= 0.3 is 0 Å². The molecule has 0 fully saturated rings. The number of nitrogens with one attached hydrogen (secondary N) is 1. The van der Waals surface area contributed by atoms with Crippen LogP contribution in [0, 0.1) is 0 Å². The van der Waals surface area contributed by atoms with Crippen LogP contribution in [-0.2, 0) is 27.3 Å². The summed E-state index contributed by atoms with van der Waals surface area (Å²) in [6, 6.07) is 9.32. The average Bonchev–Trinajstić information content (AvgIpc) is 3.14. The fourth-order valence-electron chi connectivity index (χ4n) is 3.84. The number of fused-ring (bicyclic) bond motifs is 2. The highest BCUT2D eigenvalue weighted by Gasteiger charge is 2.43. The van der Waals surface area contributed by atoms with Gasteiger partial charge in [-0.25, -0.2) is 0 Å². The summed E-state index contributed by atoms with van der Waals surface area (Å²) in [4.78, 5) is 42.9. The minimum Gasteiger partial charge on any atom is -0.338 e. The van der Waals surface area contributed by atoms with Crippen LogP contribution in [0.2, 0.25) is 0 Å². The second-order valence-corrected chi connectivity index (χ2v) is 8.69. The number of thiophene rings is 1. The standard InChI is InChI=1S/C21H23N3O3S/c1-21(2)20(27)22-15-5-3-4-6-16(15)24(21)19(26)8-7-18(25)23-11-9-17-14(13-23)10-12-28-17/h3-6,10,12H,7-9,11,13H2,1-2H3,(H,22,27). The van der Waals surface area contributed by atoms with Crippen molar-refractivity contribution >= 4 is 40.4 Å². The van der Waals surface area contributed by atoms with E-state index in [9.17, 15) is 14.4 Å². The lowest BCUT2D eigenvalue weighted by atomic mass is 9.95. The van der Waals surface area contributed by atoms with E-state index < -0.39 is 5.54 Å². The third-order valence-electron chi connectivity index (χ3n) is 5.47. The van der Waals surface area contributed by atoms with Gasteiger partial charge in [0.1, 0.15) is 5.54 Å². The van der Waals surface area contributed by atoms with Gasteiger partial charge in [0.25, 0.3) is 0 Å². The molecule has 0 aliphatic carbocycles. The van der Waals surface area contributed by atoms with Crippen LogP contribution >= 0.6 is 11.3 Å². The van der Waals surface area contributed by atoms with Crippen molar-refractivity contribution in [3.8, 4) is 0 Å². The maximum Gasteiger partial charge on any atom is 0.250 e. The van der Waals surface area contributed by atoms with E-state index >= 15 is 0 Å². The summed E-state index contributed by atoms with van der Waals surface area (Å²) < 4.78 is 0. The number of rotatable bonds is 3. The van der Waals surface area contributed by atoms with Crippen LogP contribution < -0.4 is 10.2 Å². The second-order valence-electron chi connectivity index (χ2n) is 7.69. The Morgan fingerprint density at radius 3 is 2.71 bits per heavy atom. The largest absolute Gasteiger partial charge is 0.338 e. The maximum absolute atomic E-state index is 13.0. The van der Waals surface area contributed by atoms with Gasteiger partial charge in [0, 0.05) is 30.8 Å². The van der Waals surface area contributed by atoms with E-state index in [4.69, 9.17) is 0 Å². The van der Waals surface area contributed by atoms with Crippen LogP contribution in [0.25, 0.3) is 0 Å². The molecule has 146 valence electrons. The zero-order valence-corrected chi connectivity index (χ0v) is 16.8. The lowest BCUT2D eigenvalue weighted by molar-refractivity contribution is -0.134. The van der Waals surface area contributed by atoms with E-state index in [1.807, 2.05) is 23.1 Å². The van der Waals surface area contributed by atoms with Crippen molar-refractivity contribution in [2.45, 2.75) is 45.2 Å². The Bertz CT molecular complexity index is 950. The van der Waals surface area contributed by atoms with Crippen LogP contribution in [0.1, 0.15) is 37.1 Å². The highest BCUT2D eigenvalue weighted by molar-refractivity contribution is 7.10. The molecule has 7 heteroatoms. The predicted molar refractivity (Wildman–Crippen MR) is 109 cm³/mol. The van der Waals surface area contributed by atoms with Gasteiger partial charge in [-0.3, -0.25) is 19.3 Å². The van der Waals surface area contributed by atoms with Gasteiger partial charge in [0.15, 0.2) is 0 Å². The molecule has 2 aromatic rings. The number of carbonyl (C=O) groups excluding carboxylic acids is 3. The third kappa shape index (κ3) is 3.20. The van der Waals surface area contributed by atoms with E-state index in [1.54, 1.807) is 31.3 Å². The molecule has 1 aromatic carbocycles. The van der Waals surface area contributed by atoms with Crippen LogP contribution in [0.15, 0.2) is 35.7 Å². The molecule has 0 atom stereocenters. The number of para-hydroxylation sites is 2. The van der Waals surface area contributed by atoms with Crippen LogP contribution in [0.4, 0.5) is 11.4 Å². The Morgan fingerprint density at radius 1 is 1.14 bits per heavy atom. The number of carbonyl (C=O) groups is 3. The van der Waals surface area contributed by atoms with Gasteiger partial charge in [-0.15, -0.1) is 11.3 Å². The molecule has 0 bridgehead atoms. The minimum absolute atomic E-state index is 0.0160. The first kappa shape index (κ1) is 18.7. The fraction of sp³-hybridized carbons (Fsp3) is 0.381. The van der Waals surface area contributed by atoms with E-state index in [0.717, 1.165) is 6.42 Å². The molecule has 1 aromatic heterocycles. The molecule has 0 saturated heterocycles. The molecule has 3 heterocycles. The third-order valence-corrected chi connectivity index (χ3v) is 6.49. The lowest BCUT2D eigenvalue weighted by Gasteiger charge is -2.42. The van der Waals surface area contributed by atoms with Gasteiger partial charge < -0.3 is 10.2 Å². The first-order valence-corrected chi connectivity index (χ1v) is 10.3. The summed E-state index contributed by atoms with van der Waals surface area (Å²) in [5.41, 5.74) is 1.49. The number of benzene rings is 1. The molecule has 6 nitrogen and oxygen atoms in total. The van der Waals surface area contributed by atoms with Crippen molar-refractivity contribution in [3.63, 3.8) is 0 Å². The molecule has 28 heavy (non-hydrogen) atoms. The Kier molecular flexibility index (Phi) is 4.71. The van der Waals surface area contributed by atoms with Gasteiger partial charge in [-0.2, -0.15) is 0 Å². The number of hydrogen-bond acceptors (Lipinski definition) is 4. The zero-order chi connectivity index (χ0) is 19.9. The molecular weight excluding hydrogens is 374 g/mol. The van der Waals surface area contributed by atoms with E-state index in [-0.39, 0.29) is 30.6 Å². The molecule has 4 rings (SSSR count). The SMILES string of the molecule is CC1(C)C(=O)Nc2ccccc2N1C(=O)CCC(=O)N1CCc2sccc2C1. The van der Waals surface area contributed by atoms with Gasteiger partial charge in [-0.1, -0.05) is 12.1 Å². The van der Waals surface area contributed by atoms with Crippen molar-refractivity contribution in [1.29, 1.82) is 0 Å². The first-order chi connectivity index (χ1) is 13.4. The Hall–Kier alpha value is -2.67. The highest BCUT2D eigenvalue weighted by atomic mass is 32.1. The summed E-state index contributed by atoms with van der Waals surface area (Å²) in [6.45, 7) is 4.76. The fourth-order valence-corrected chi connectivity index (χ4v) is 4.73. The highest BCUT2D eigenvalue weighted by Crippen LogP contribution is 2.37. The van der Waals surface area contributed by atoms with Gasteiger partial charge in [0.2, 0.25) is 17.7 Å². The molecule has 2 aliphatic rings. The number of hydrogen-bond donors (Lipinski definition) is 1. The lowest BCUT2D eigenvalue weighted by Crippen LogP contribution is -2.58. The first-order valence-electron chi connectivity index (χ1n) is 9.44. The normalized spacial score (nSPS) is 17.6. The molecular formula is C21H23N3O3S. The smallest absolute Gasteiger partial charge is 0.250 e. The molecule has 0 saturated carbocycles. The van der Waals surface area contributed by atoms with E-state index in [1.165, 1.54) is 15.3 Å². The van der Waals surface area contributed by atoms with Crippen LogP contribution in [-0.4, -0.2) is 34.7 Å². The molecule has 1 N–H and O–H groups in total. The summed E-state index contributed by atoms with van der Waals surface area (Å²) in [7, 11) is 0. The van der Waals surface area contributed by atoms with Crippen LogP contribution in [0.3, 0.4) is 0 Å². The summed E-state index contributed by atoms with van der Waals surface area (Å²) in [5, 5.41) is 4.91. The minimum atomic E-state index is -1.01. The molecule has 0 unspecified atom stereocenters. The predicted octanol–water partition coefficient (Wildman–Crippen LogP) is 3.18. The van der Waals surface area contributed by atoms with Gasteiger partial charge in [0.05, 0.1) is 11.4 Å². The number of anilines is 2. The topological polar surface area (TPSA) is 69.7 Å². The van der Waals surface area contributed by atoms with Crippen molar-refractivity contribution in [3.05, 3.63) is 46.2 Å². The quantitative estimate of drug-likeness (QED) is 0.865. The molecule has 0 spiro atoms. The number of nitrogens with zero attached hydrogens (tertiary/aromatic N) is 2. The number of amides is 3.